The van der Waals surface area contributed by atoms with Crippen LogP contribution in [0.4, 0.5) is 10.5 Å². The lowest BCUT2D eigenvalue weighted by molar-refractivity contribution is -0.140. The van der Waals surface area contributed by atoms with Crippen molar-refractivity contribution in [2.75, 3.05) is 16.9 Å². The van der Waals surface area contributed by atoms with Crippen LogP contribution in [0, 0.1) is 0 Å². The van der Waals surface area contributed by atoms with Crippen molar-refractivity contribution >= 4 is 29.4 Å². The first-order valence-electron chi connectivity index (χ1n) is 6.78. The zero-order chi connectivity index (χ0) is 15.6. The smallest absolute Gasteiger partial charge is 0.327 e. The minimum absolute atomic E-state index is 0.0581. The molecule has 1 aliphatic heterocycles. The molecule has 0 spiro atoms. The number of hydrogen-bond donors (Lipinski definition) is 2. The van der Waals surface area contributed by atoms with Gasteiger partial charge in [-0.2, -0.15) is 0 Å². The van der Waals surface area contributed by atoms with Crippen molar-refractivity contribution in [2.45, 2.75) is 32.2 Å². The molecule has 1 aromatic rings. The van der Waals surface area contributed by atoms with E-state index in [1.807, 2.05) is 24.3 Å². The minimum Gasteiger partial charge on any atom is -0.480 e. The lowest BCUT2D eigenvalue weighted by Crippen LogP contribution is -2.43. The number of carboxylic acids is 1. The van der Waals surface area contributed by atoms with E-state index >= 15 is 0 Å². The number of nitrogens with zero attached hydrogens (tertiary/aromatic N) is 1. The minimum atomic E-state index is -0.960. The number of carbonyl (C=O) groups excluding carboxylic acids is 1. The summed E-state index contributed by atoms with van der Waals surface area (Å²) < 4.78 is 0. The fourth-order valence-corrected chi connectivity index (χ4v) is 3.24. The number of aliphatic carboxylic acids is 1. The predicted octanol–water partition coefficient (Wildman–Crippen LogP) is 2.98. The molecule has 1 saturated heterocycles. The van der Waals surface area contributed by atoms with E-state index in [1.54, 1.807) is 0 Å². The monoisotopic (exact) mass is 308 g/mol. The maximum absolute atomic E-state index is 12.1. The van der Waals surface area contributed by atoms with E-state index in [9.17, 15) is 9.59 Å². The van der Waals surface area contributed by atoms with E-state index in [-0.39, 0.29) is 11.4 Å². The van der Waals surface area contributed by atoms with Crippen molar-refractivity contribution in [2.24, 2.45) is 0 Å². The van der Waals surface area contributed by atoms with E-state index in [0.29, 0.717) is 17.3 Å². The Bertz CT molecular complexity index is 537. The molecule has 0 aromatic heterocycles. The molecule has 21 heavy (non-hydrogen) atoms. The Morgan fingerprint density at radius 1 is 1.29 bits per heavy atom. The van der Waals surface area contributed by atoms with Crippen LogP contribution >= 0.6 is 11.8 Å². The molecule has 6 heteroatoms. The first-order valence-corrected chi connectivity index (χ1v) is 7.93. The highest BCUT2D eigenvalue weighted by molar-refractivity contribution is 7.99. The molecule has 0 radical (unpaired) electrons. The molecule has 0 saturated carbocycles. The number of benzene rings is 1. The third-order valence-corrected chi connectivity index (χ3v) is 4.44. The summed E-state index contributed by atoms with van der Waals surface area (Å²) in [6.07, 6.45) is 0. The van der Waals surface area contributed by atoms with Gasteiger partial charge in [-0.15, -0.1) is 11.8 Å². The summed E-state index contributed by atoms with van der Waals surface area (Å²) in [5.41, 5.74) is 1.91. The van der Waals surface area contributed by atoms with E-state index in [4.69, 9.17) is 5.11 Å². The van der Waals surface area contributed by atoms with Crippen LogP contribution < -0.4 is 5.32 Å². The van der Waals surface area contributed by atoms with Gasteiger partial charge < -0.3 is 15.3 Å². The first kappa shape index (κ1) is 15.7. The Labute approximate surface area is 128 Å². The van der Waals surface area contributed by atoms with Gasteiger partial charge in [0.25, 0.3) is 0 Å². The molecular formula is C15H20N2O3S. The largest absolute Gasteiger partial charge is 0.480 e. The van der Waals surface area contributed by atoms with Gasteiger partial charge in [0.15, 0.2) is 0 Å². The zero-order valence-corrected chi connectivity index (χ0v) is 13.2. The maximum atomic E-state index is 12.1. The van der Waals surface area contributed by atoms with Gasteiger partial charge in [-0.05, 0) is 23.1 Å². The summed E-state index contributed by atoms with van der Waals surface area (Å²) in [5, 5.41) is 11.8. The van der Waals surface area contributed by atoms with Gasteiger partial charge in [0, 0.05) is 11.4 Å². The number of amides is 2. The Morgan fingerprint density at radius 3 is 2.43 bits per heavy atom. The highest BCUT2D eigenvalue weighted by Crippen LogP contribution is 2.25. The second-order valence-corrected chi connectivity index (χ2v) is 7.08. The van der Waals surface area contributed by atoms with Crippen LogP contribution in [0.3, 0.4) is 0 Å². The maximum Gasteiger partial charge on any atom is 0.327 e. The van der Waals surface area contributed by atoms with Gasteiger partial charge in [0.2, 0.25) is 0 Å². The summed E-state index contributed by atoms with van der Waals surface area (Å²) in [7, 11) is 0. The van der Waals surface area contributed by atoms with Crippen LogP contribution in [0.1, 0.15) is 26.3 Å². The van der Waals surface area contributed by atoms with Crippen molar-refractivity contribution in [3.63, 3.8) is 0 Å². The number of urea groups is 1. The van der Waals surface area contributed by atoms with Crippen molar-refractivity contribution in [3.05, 3.63) is 29.8 Å². The van der Waals surface area contributed by atoms with E-state index in [1.165, 1.54) is 22.2 Å². The molecule has 2 rings (SSSR count). The van der Waals surface area contributed by atoms with Gasteiger partial charge in [-0.1, -0.05) is 32.9 Å². The molecule has 2 N–H and O–H groups in total. The number of carboxylic acid groups (broad SMARTS) is 1. The van der Waals surface area contributed by atoms with Crippen LogP contribution in [0.15, 0.2) is 24.3 Å². The first-order chi connectivity index (χ1) is 9.79. The number of rotatable bonds is 2. The lowest BCUT2D eigenvalue weighted by Gasteiger charge is -2.22. The molecule has 1 atom stereocenters. The fraction of sp³-hybridized carbons (Fsp3) is 0.467. The number of carbonyl (C=O) groups is 2. The summed E-state index contributed by atoms with van der Waals surface area (Å²) in [6.45, 7) is 6.37. The van der Waals surface area contributed by atoms with Crippen molar-refractivity contribution in [1.29, 1.82) is 0 Å². The van der Waals surface area contributed by atoms with Crippen LogP contribution in [0.2, 0.25) is 0 Å². The fourth-order valence-electron chi connectivity index (χ4n) is 2.10. The second-order valence-electron chi connectivity index (χ2n) is 6.08. The number of thioether (sulfide) groups is 1. The molecule has 1 heterocycles. The average Bonchev–Trinajstić information content (AvgIpc) is 2.87. The molecule has 1 aromatic carbocycles. The number of anilines is 1. The molecule has 114 valence electrons. The van der Waals surface area contributed by atoms with Crippen molar-refractivity contribution < 1.29 is 14.7 Å². The summed E-state index contributed by atoms with van der Waals surface area (Å²) in [4.78, 5) is 24.6. The Hall–Kier alpha value is -1.69. The van der Waals surface area contributed by atoms with Crippen LogP contribution in [0.25, 0.3) is 0 Å². The predicted molar refractivity (Wildman–Crippen MR) is 84.7 cm³/mol. The molecule has 1 fully saturated rings. The quantitative estimate of drug-likeness (QED) is 0.881. The highest BCUT2D eigenvalue weighted by Gasteiger charge is 2.34. The van der Waals surface area contributed by atoms with E-state index < -0.39 is 12.0 Å². The lowest BCUT2D eigenvalue weighted by atomic mass is 9.87. The van der Waals surface area contributed by atoms with Gasteiger partial charge in [-0.3, -0.25) is 0 Å². The standard InChI is InChI=1S/C15H20N2O3S/c1-15(2,3)10-4-6-11(7-5-10)16-14(20)17-9-21-8-12(17)13(18)19/h4-7,12H,8-9H2,1-3H3,(H,16,20)(H,18,19)/t12-/m0/s1. The average molecular weight is 308 g/mol. The van der Waals surface area contributed by atoms with E-state index in [2.05, 4.69) is 26.1 Å². The molecule has 5 nitrogen and oxygen atoms in total. The van der Waals surface area contributed by atoms with E-state index in [0.717, 1.165) is 0 Å². The Balaban J connectivity index is 2.04. The SMILES string of the molecule is CC(C)(C)c1ccc(NC(=O)N2CSC[C@H]2C(=O)O)cc1. The molecular weight excluding hydrogens is 288 g/mol. The third kappa shape index (κ3) is 3.69. The van der Waals surface area contributed by atoms with Gasteiger partial charge in [0.05, 0.1) is 5.88 Å². The molecule has 2 amide bonds. The summed E-state index contributed by atoms with van der Waals surface area (Å²) >= 11 is 1.45. The van der Waals surface area contributed by atoms with Crippen molar-refractivity contribution in [1.82, 2.24) is 4.90 Å². The zero-order valence-electron chi connectivity index (χ0n) is 12.4. The van der Waals surface area contributed by atoms with Crippen LogP contribution in [-0.2, 0) is 10.2 Å². The number of hydrogen-bond acceptors (Lipinski definition) is 3. The molecule has 0 bridgehead atoms. The van der Waals surface area contributed by atoms with Gasteiger partial charge in [-0.25, -0.2) is 9.59 Å². The summed E-state index contributed by atoms with van der Waals surface area (Å²) in [5.74, 6) is -0.118. The third-order valence-electron chi connectivity index (χ3n) is 3.43. The highest BCUT2D eigenvalue weighted by atomic mass is 32.2. The van der Waals surface area contributed by atoms with Crippen molar-refractivity contribution in [3.8, 4) is 0 Å². The Morgan fingerprint density at radius 2 is 1.90 bits per heavy atom. The molecule has 0 unspecified atom stereocenters. The number of nitrogens with one attached hydrogen (secondary N) is 1. The topological polar surface area (TPSA) is 69.6 Å². The Kier molecular flexibility index (Phi) is 4.46. The van der Waals surface area contributed by atoms with Gasteiger partial charge in [0.1, 0.15) is 6.04 Å². The second kappa shape index (κ2) is 5.97. The van der Waals surface area contributed by atoms with Gasteiger partial charge >= 0.3 is 12.0 Å². The summed E-state index contributed by atoms with van der Waals surface area (Å²) in [6, 6.07) is 6.53. The van der Waals surface area contributed by atoms with Crippen LogP contribution in [0.5, 0.6) is 0 Å². The van der Waals surface area contributed by atoms with Crippen LogP contribution in [-0.4, -0.2) is 39.7 Å². The molecule has 0 aliphatic carbocycles. The molecule has 1 aliphatic rings. The normalized spacial score (nSPS) is 18.6.